The van der Waals surface area contributed by atoms with Crippen LogP contribution in [0, 0.1) is 5.92 Å². The van der Waals surface area contributed by atoms with E-state index in [1.165, 1.54) is 0 Å². The van der Waals surface area contributed by atoms with E-state index in [9.17, 15) is 10.2 Å². The van der Waals surface area contributed by atoms with Crippen molar-refractivity contribution in [2.45, 2.75) is 52.4 Å². The molecule has 0 saturated carbocycles. The summed E-state index contributed by atoms with van der Waals surface area (Å²) in [5, 5.41) is 24.1. The van der Waals surface area contributed by atoms with E-state index in [2.05, 4.69) is 5.10 Å². The third-order valence-electron chi connectivity index (χ3n) is 3.17. The molecular formula is C12H22N2O2. The first kappa shape index (κ1) is 13.2. The number of nitrogens with zero attached hydrogens (tertiary/aromatic N) is 2. The van der Waals surface area contributed by atoms with Crippen LogP contribution in [0.3, 0.4) is 0 Å². The lowest BCUT2D eigenvalue weighted by Crippen LogP contribution is -2.26. The molecule has 0 aromatic carbocycles. The zero-order chi connectivity index (χ0) is 12.1. The highest BCUT2D eigenvalue weighted by atomic mass is 16.3. The van der Waals surface area contributed by atoms with Gasteiger partial charge in [0.15, 0.2) is 0 Å². The predicted octanol–water partition coefficient (Wildman–Crippen LogP) is 1.73. The lowest BCUT2D eigenvalue weighted by atomic mass is 9.91. The molecule has 1 aromatic rings. The van der Waals surface area contributed by atoms with Crippen LogP contribution in [0.2, 0.25) is 0 Å². The Bertz CT molecular complexity index is 308. The number of aryl methyl sites for hydroxylation is 1. The maximum Gasteiger partial charge on any atom is 0.108 e. The highest BCUT2D eigenvalue weighted by Crippen LogP contribution is 2.25. The van der Waals surface area contributed by atoms with Crippen LogP contribution in [0.1, 0.15) is 45.3 Å². The van der Waals surface area contributed by atoms with E-state index in [0.717, 1.165) is 19.4 Å². The molecule has 0 aliphatic carbocycles. The molecule has 0 fully saturated rings. The maximum atomic E-state index is 10.0. The molecule has 1 heterocycles. The van der Waals surface area contributed by atoms with Gasteiger partial charge in [-0.15, -0.1) is 0 Å². The van der Waals surface area contributed by atoms with Crippen LogP contribution in [0.15, 0.2) is 12.4 Å². The second-order valence-corrected chi connectivity index (χ2v) is 4.14. The van der Waals surface area contributed by atoms with Gasteiger partial charge >= 0.3 is 0 Å². The summed E-state index contributed by atoms with van der Waals surface area (Å²) < 4.78 is 1.75. The minimum Gasteiger partial charge on any atom is -0.390 e. The Balaban J connectivity index is 2.72. The molecule has 16 heavy (non-hydrogen) atoms. The summed E-state index contributed by atoms with van der Waals surface area (Å²) in [5.41, 5.74) is 0.696. The highest BCUT2D eigenvalue weighted by Gasteiger charge is 2.25. The van der Waals surface area contributed by atoms with Crippen LogP contribution in [-0.4, -0.2) is 26.1 Å². The summed E-state index contributed by atoms with van der Waals surface area (Å²) in [6.07, 6.45) is 3.62. The molecule has 0 aliphatic heterocycles. The fourth-order valence-corrected chi connectivity index (χ4v) is 1.93. The molecule has 1 aromatic heterocycles. The summed E-state index contributed by atoms with van der Waals surface area (Å²) in [6, 6.07) is 0. The number of aliphatic hydroxyl groups is 2. The quantitative estimate of drug-likeness (QED) is 0.776. The Morgan fingerprint density at radius 3 is 2.31 bits per heavy atom. The summed E-state index contributed by atoms with van der Waals surface area (Å²) >= 11 is 0. The first-order valence-electron chi connectivity index (χ1n) is 6.02. The summed E-state index contributed by atoms with van der Waals surface area (Å²) in [4.78, 5) is 0. The second-order valence-electron chi connectivity index (χ2n) is 4.14. The average Bonchev–Trinajstić information content (AvgIpc) is 2.78. The van der Waals surface area contributed by atoms with E-state index >= 15 is 0 Å². The molecule has 4 nitrogen and oxygen atoms in total. The average molecular weight is 226 g/mol. The third-order valence-corrected chi connectivity index (χ3v) is 3.17. The van der Waals surface area contributed by atoms with E-state index in [-0.39, 0.29) is 5.92 Å². The van der Waals surface area contributed by atoms with E-state index < -0.39 is 12.2 Å². The first-order valence-corrected chi connectivity index (χ1v) is 6.02. The molecular weight excluding hydrogens is 204 g/mol. The monoisotopic (exact) mass is 226 g/mol. The molecule has 0 saturated heterocycles. The van der Waals surface area contributed by atoms with Crippen LogP contribution in [0.25, 0.3) is 0 Å². The van der Waals surface area contributed by atoms with Crippen LogP contribution >= 0.6 is 0 Å². The number of aliphatic hydroxyl groups excluding tert-OH is 2. The van der Waals surface area contributed by atoms with E-state index in [4.69, 9.17) is 0 Å². The number of aromatic nitrogens is 2. The fraction of sp³-hybridized carbons (Fsp3) is 0.750. The van der Waals surface area contributed by atoms with E-state index in [1.54, 1.807) is 17.1 Å². The minimum atomic E-state index is -0.829. The zero-order valence-electron chi connectivity index (χ0n) is 10.3. The largest absolute Gasteiger partial charge is 0.390 e. The Kier molecular flexibility index (Phi) is 4.96. The molecule has 2 unspecified atom stereocenters. The molecule has 4 heteroatoms. The molecule has 0 spiro atoms. The maximum absolute atomic E-state index is 10.0. The van der Waals surface area contributed by atoms with Gasteiger partial charge in [0.2, 0.25) is 0 Å². The van der Waals surface area contributed by atoms with Crippen molar-refractivity contribution in [2.75, 3.05) is 0 Å². The van der Waals surface area contributed by atoms with Gasteiger partial charge in [-0.05, 0) is 12.8 Å². The Hall–Kier alpha value is -0.870. The van der Waals surface area contributed by atoms with Crippen LogP contribution in [0.4, 0.5) is 0 Å². The molecule has 0 aliphatic rings. The number of hydrogen-bond donors (Lipinski definition) is 2. The predicted molar refractivity (Wildman–Crippen MR) is 62.9 cm³/mol. The van der Waals surface area contributed by atoms with Gasteiger partial charge in [0.05, 0.1) is 12.3 Å². The number of rotatable bonds is 6. The van der Waals surface area contributed by atoms with Crippen molar-refractivity contribution in [3.05, 3.63) is 18.0 Å². The van der Waals surface area contributed by atoms with Gasteiger partial charge in [-0.25, -0.2) is 0 Å². The van der Waals surface area contributed by atoms with Crippen LogP contribution in [0.5, 0.6) is 0 Å². The van der Waals surface area contributed by atoms with Crippen molar-refractivity contribution in [3.63, 3.8) is 0 Å². The van der Waals surface area contributed by atoms with Gasteiger partial charge in [-0.1, -0.05) is 26.7 Å². The SMILES string of the molecule is CCC(CC)C(O)C(O)c1cnn(CC)c1. The zero-order valence-corrected chi connectivity index (χ0v) is 10.3. The van der Waals surface area contributed by atoms with Crippen molar-refractivity contribution in [2.24, 2.45) is 5.92 Å². The Labute approximate surface area is 96.9 Å². The number of hydrogen-bond acceptors (Lipinski definition) is 3. The van der Waals surface area contributed by atoms with Gasteiger partial charge in [0.1, 0.15) is 6.10 Å². The molecule has 0 bridgehead atoms. The minimum absolute atomic E-state index is 0.139. The van der Waals surface area contributed by atoms with Gasteiger partial charge < -0.3 is 10.2 Å². The van der Waals surface area contributed by atoms with Crippen molar-refractivity contribution in [1.29, 1.82) is 0 Å². The molecule has 2 N–H and O–H groups in total. The Morgan fingerprint density at radius 1 is 1.25 bits per heavy atom. The topological polar surface area (TPSA) is 58.3 Å². The molecule has 0 amide bonds. The van der Waals surface area contributed by atoms with Gasteiger partial charge in [-0.2, -0.15) is 5.10 Å². The third kappa shape index (κ3) is 2.83. The fourth-order valence-electron chi connectivity index (χ4n) is 1.93. The van der Waals surface area contributed by atoms with Gasteiger partial charge in [0.25, 0.3) is 0 Å². The molecule has 1 rings (SSSR count). The molecule has 2 atom stereocenters. The standard InChI is InChI=1S/C12H22N2O2/c1-4-9(5-2)11(15)12(16)10-7-13-14(6-3)8-10/h7-9,11-12,15-16H,4-6H2,1-3H3. The second kappa shape index (κ2) is 6.01. The molecule has 0 radical (unpaired) electrons. The summed E-state index contributed by atoms with van der Waals surface area (Å²) in [6.45, 7) is 6.81. The van der Waals surface area contributed by atoms with E-state index in [1.807, 2.05) is 20.8 Å². The highest BCUT2D eigenvalue weighted by molar-refractivity contribution is 5.10. The smallest absolute Gasteiger partial charge is 0.108 e. The van der Waals surface area contributed by atoms with E-state index in [0.29, 0.717) is 5.56 Å². The van der Waals surface area contributed by atoms with Crippen LogP contribution in [-0.2, 0) is 6.54 Å². The molecule has 92 valence electrons. The summed E-state index contributed by atoms with van der Waals surface area (Å²) in [7, 11) is 0. The van der Waals surface area contributed by atoms with Crippen molar-refractivity contribution >= 4 is 0 Å². The normalized spacial score (nSPS) is 15.4. The Morgan fingerprint density at radius 2 is 1.88 bits per heavy atom. The van der Waals surface area contributed by atoms with Crippen molar-refractivity contribution in [1.82, 2.24) is 9.78 Å². The van der Waals surface area contributed by atoms with Crippen molar-refractivity contribution < 1.29 is 10.2 Å². The van der Waals surface area contributed by atoms with Crippen LogP contribution < -0.4 is 0 Å². The lowest BCUT2D eigenvalue weighted by Gasteiger charge is -2.24. The lowest BCUT2D eigenvalue weighted by molar-refractivity contribution is -0.0209. The first-order chi connectivity index (χ1) is 7.63. The van der Waals surface area contributed by atoms with Gasteiger partial charge in [0, 0.05) is 18.3 Å². The van der Waals surface area contributed by atoms with Gasteiger partial charge in [-0.3, -0.25) is 4.68 Å². The summed E-state index contributed by atoms with van der Waals surface area (Å²) in [5.74, 6) is 0.139. The van der Waals surface area contributed by atoms with Crippen molar-refractivity contribution in [3.8, 4) is 0 Å².